The van der Waals surface area contributed by atoms with Crippen molar-refractivity contribution in [3.63, 3.8) is 0 Å². The number of benzene rings is 1. The first-order valence-corrected chi connectivity index (χ1v) is 7.65. The first-order valence-electron chi connectivity index (χ1n) is 3.48. The summed E-state index contributed by atoms with van der Waals surface area (Å²) in [5, 5.41) is 9.77. The van der Waals surface area contributed by atoms with Crippen LogP contribution in [0.15, 0.2) is 28.0 Å². The lowest BCUT2D eigenvalue weighted by atomic mass is 10.4. The van der Waals surface area contributed by atoms with Gasteiger partial charge in [0.15, 0.2) is 0 Å². The molecule has 0 spiro atoms. The van der Waals surface area contributed by atoms with Crippen molar-refractivity contribution in [2.24, 2.45) is 10.3 Å². The molecule has 0 aliphatic rings. The SMILES string of the molecule is NS(=O)(=O)c1cccc(I)c1S(N)(=O)=O. The summed E-state index contributed by atoms with van der Waals surface area (Å²) < 4.78 is 44.8. The van der Waals surface area contributed by atoms with E-state index in [1.807, 2.05) is 0 Å². The lowest BCUT2D eigenvalue weighted by molar-refractivity contribution is 0.583. The van der Waals surface area contributed by atoms with Gasteiger partial charge in [-0.05, 0) is 34.7 Å². The van der Waals surface area contributed by atoms with E-state index >= 15 is 0 Å². The van der Waals surface area contributed by atoms with E-state index in [0.29, 0.717) is 0 Å². The lowest BCUT2D eigenvalue weighted by Gasteiger charge is -2.07. The highest BCUT2D eigenvalue weighted by Crippen LogP contribution is 2.23. The average molecular weight is 362 g/mol. The molecule has 0 aliphatic carbocycles. The van der Waals surface area contributed by atoms with Crippen LogP contribution in [0.2, 0.25) is 0 Å². The summed E-state index contributed by atoms with van der Waals surface area (Å²) >= 11 is 1.67. The van der Waals surface area contributed by atoms with Gasteiger partial charge in [-0.2, -0.15) is 0 Å². The number of primary sulfonamides is 2. The summed E-state index contributed by atoms with van der Waals surface area (Å²) in [6, 6.07) is 3.91. The molecule has 84 valence electrons. The number of sulfonamides is 2. The van der Waals surface area contributed by atoms with Gasteiger partial charge in [0.25, 0.3) is 0 Å². The van der Waals surface area contributed by atoms with Gasteiger partial charge >= 0.3 is 0 Å². The van der Waals surface area contributed by atoms with Crippen LogP contribution in [0.25, 0.3) is 0 Å². The summed E-state index contributed by atoms with van der Waals surface area (Å²) in [6.45, 7) is 0. The van der Waals surface area contributed by atoms with Crippen molar-refractivity contribution >= 4 is 42.6 Å². The number of nitrogens with two attached hydrogens (primary N) is 2. The molecular formula is C6H7IN2O4S2. The minimum Gasteiger partial charge on any atom is -0.225 e. The number of hydrogen-bond acceptors (Lipinski definition) is 4. The molecule has 9 heteroatoms. The molecule has 0 unspecified atom stereocenters. The molecule has 1 rings (SSSR count). The molecular weight excluding hydrogens is 355 g/mol. The fourth-order valence-electron chi connectivity index (χ4n) is 0.989. The Labute approximate surface area is 101 Å². The van der Waals surface area contributed by atoms with Crippen molar-refractivity contribution in [3.05, 3.63) is 21.8 Å². The molecule has 6 nitrogen and oxygen atoms in total. The van der Waals surface area contributed by atoms with Crippen LogP contribution >= 0.6 is 22.6 Å². The quantitative estimate of drug-likeness (QED) is 0.695. The summed E-state index contributed by atoms with van der Waals surface area (Å²) in [5.74, 6) is 0. The minimum atomic E-state index is -4.11. The molecule has 0 aromatic heterocycles. The predicted octanol–water partition coefficient (Wildman–Crippen LogP) is -0.414. The van der Waals surface area contributed by atoms with Crippen LogP contribution in [0.5, 0.6) is 0 Å². The maximum Gasteiger partial charge on any atom is 0.240 e. The Hall–Kier alpha value is -0.230. The van der Waals surface area contributed by atoms with Gasteiger partial charge < -0.3 is 0 Å². The maximum absolute atomic E-state index is 11.2. The molecule has 4 N–H and O–H groups in total. The summed E-state index contributed by atoms with van der Waals surface area (Å²) in [6.07, 6.45) is 0. The second-order valence-corrected chi connectivity index (χ2v) is 6.85. The van der Waals surface area contributed by atoms with Crippen molar-refractivity contribution in [3.8, 4) is 0 Å². The summed E-state index contributed by atoms with van der Waals surface area (Å²) in [5.41, 5.74) is 0. The van der Waals surface area contributed by atoms with Gasteiger partial charge in [-0.1, -0.05) is 6.07 Å². The Kier molecular flexibility index (Phi) is 3.40. The normalized spacial score (nSPS) is 12.7. The Bertz CT molecular complexity index is 594. The summed E-state index contributed by atoms with van der Waals surface area (Å²) in [4.78, 5) is -0.954. The summed E-state index contributed by atoms with van der Waals surface area (Å²) in [7, 11) is -8.22. The van der Waals surface area contributed by atoms with Gasteiger partial charge in [0.1, 0.15) is 9.79 Å². The van der Waals surface area contributed by atoms with E-state index in [1.54, 1.807) is 22.6 Å². The highest BCUT2D eigenvalue weighted by molar-refractivity contribution is 14.1. The van der Waals surface area contributed by atoms with Gasteiger partial charge in [-0.15, -0.1) is 0 Å². The Morgan fingerprint density at radius 2 is 1.53 bits per heavy atom. The molecule has 0 saturated carbocycles. The monoisotopic (exact) mass is 362 g/mol. The van der Waals surface area contributed by atoms with Crippen LogP contribution in [0.4, 0.5) is 0 Å². The Balaban J connectivity index is 3.79. The van der Waals surface area contributed by atoms with Crippen molar-refractivity contribution in [2.45, 2.75) is 9.79 Å². The third kappa shape index (κ3) is 2.87. The Morgan fingerprint density at radius 3 is 1.87 bits per heavy atom. The van der Waals surface area contributed by atoms with Crippen molar-refractivity contribution in [2.75, 3.05) is 0 Å². The number of hydrogen-bond donors (Lipinski definition) is 2. The van der Waals surface area contributed by atoms with Crippen molar-refractivity contribution < 1.29 is 16.8 Å². The molecule has 15 heavy (non-hydrogen) atoms. The van der Waals surface area contributed by atoms with Gasteiger partial charge in [0, 0.05) is 3.57 Å². The van der Waals surface area contributed by atoms with Crippen LogP contribution in [0.1, 0.15) is 0 Å². The van der Waals surface area contributed by atoms with E-state index in [-0.39, 0.29) is 3.57 Å². The average Bonchev–Trinajstić information content (AvgIpc) is 1.99. The van der Waals surface area contributed by atoms with E-state index in [1.165, 1.54) is 12.1 Å². The minimum absolute atomic E-state index is 0.210. The maximum atomic E-state index is 11.2. The first kappa shape index (κ1) is 12.8. The van der Waals surface area contributed by atoms with Crippen LogP contribution in [-0.2, 0) is 20.0 Å². The predicted molar refractivity (Wildman–Crippen MR) is 61.9 cm³/mol. The molecule has 0 radical (unpaired) electrons. The van der Waals surface area contributed by atoms with Crippen LogP contribution in [0, 0.1) is 3.57 Å². The van der Waals surface area contributed by atoms with Gasteiger partial charge in [-0.3, -0.25) is 0 Å². The standard InChI is InChI=1S/C6H7IN2O4S2/c7-4-2-1-3-5(14(8,10)11)6(4)15(9,12)13/h1-3H,(H2,8,10,11)(H2,9,12,13). The number of halogens is 1. The third-order valence-electron chi connectivity index (χ3n) is 1.52. The lowest BCUT2D eigenvalue weighted by Crippen LogP contribution is -2.21. The van der Waals surface area contributed by atoms with E-state index in [2.05, 4.69) is 0 Å². The third-order valence-corrected chi connectivity index (χ3v) is 4.88. The van der Waals surface area contributed by atoms with E-state index < -0.39 is 29.8 Å². The largest absolute Gasteiger partial charge is 0.240 e. The van der Waals surface area contributed by atoms with Crippen LogP contribution in [0.3, 0.4) is 0 Å². The molecule has 0 heterocycles. The highest BCUT2D eigenvalue weighted by Gasteiger charge is 2.23. The zero-order chi connectivity index (χ0) is 11.9. The molecule has 0 saturated heterocycles. The highest BCUT2D eigenvalue weighted by atomic mass is 127. The Morgan fingerprint density at radius 1 is 1.00 bits per heavy atom. The zero-order valence-electron chi connectivity index (χ0n) is 7.21. The second-order valence-electron chi connectivity index (χ2n) is 2.66. The van der Waals surface area contributed by atoms with E-state index in [4.69, 9.17) is 10.3 Å². The van der Waals surface area contributed by atoms with Crippen molar-refractivity contribution in [1.82, 2.24) is 0 Å². The topological polar surface area (TPSA) is 120 Å². The van der Waals surface area contributed by atoms with Crippen LogP contribution < -0.4 is 10.3 Å². The van der Waals surface area contributed by atoms with Crippen molar-refractivity contribution in [1.29, 1.82) is 0 Å². The van der Waals surface area contributed by atoms with Gasteiger partial charge in [0.2, 0.25) is 20.0 Å². The fourth-order valence-corrected chi connectivity index (χ4v) is 4.61. The van der Waals surface area contributed by atoms with Crippen LogP contribution in [-0.4, -0.2) is 16.8 Å². The van der Waals surface area contributed by atoms with E-state index in [9.17, 15) is 16.8 Å². The van der Waals surface area contributed by atoms with Gasteiger partial charge in [-0.25, -0.2) is 27.1 Å². The molecule has 0 bridgehead atoms. The fraction of sp³-hybridized carbons (Fsp3) is 0. The molecule has 0 aliphatic heterocycles. The molecule has 1 aromatic carbocycles. The first-order chi connectivity index (χ1) is 6.64. The molecule has 0 atom stereocenters. The van der Waals surface area contributed by atoms with E-state index in [0.717, 1.165) is 6.07 Å². The molecule has 0 amide bonds. The number of rotatable bonds is 2. The molecule has 0 fully saturated rings. The van der Waals surface area contributed by atoms with Gasteiger partial charge in [0.05, 0.1) is 0 Å². The zero-order valence-corrected chi connectivity index (χ0v) is 11.0. The smallest absolute Gasteiger partial charge is 0.225 e. The molecule has 1 aromatic rings. The second kappa shape index (κ2) is 3.97.